The van der Waals surface area contributed by atoms with E-state index in [-0.39, 0.29) is 0 Å². The number of aromatic nitrogens is 3. The fraction of sp³-hybridized carbons (Fsp3) is 0.0227. The van der Waals surface area contributed by atoms with E-state index in [1.54, 1.807) is 0 Å². The maximum absolute atomic E-state index is 5.31. The molecule has 0 bridgehead atoms. The maximum atomic E-state index is 5.31. The Balaban J connectivity index is 1.32. The molecule has 0 N–H and O–H groups in total. The van der Waals surface area contributed by atoms with E-state index in [9.17, 15) is 0 Å². The molecule has 0 amide bonds. The molecule has 7 aromatic carbocycles. The summed E-state index contributed by atoms with van der Waals surface area (Å²) in [5.41, 5.74) is 15.4. The quantitative estimate of drug-likeness (QED) is 0.194. The van der Waals surface area contributed by atoms with Crippen LogP contribution in [0.2, 0.25) is 0 Å². The van der Waals surface area contributed by atoms with Crippen molar-refractivity contribution in [2.75, 3.05) is 0 Å². The second-order valence-electron chi connectivity index (χ2n) is 12.7. The van der Waals surface area contributed by atoms with E-state index in [1.165, 1.54) is 72.1 Å². The first-order valence-electron chi connectivity index (χ1n) is 16.2. The van der Waals surface area contributed by atoms with Gasteiger partial charge in [0.1, 0.15) is 5.82 Å². The summed E-state index contributed by atoms with van der Waals surface area (Å²) < 4.78 is 4.88. The number of hydrogen-bond acceptors (Lipinski definition) is 1. The zero-order valence-electron chi connectivity index (χ0n) is 25.4. The Kier molecular flexibility index (Phi) is 4.78. The average molecular weight is 598 g/mol. The van der Waals surface area contributed by atoms with Crippen LogP contribution < -0.4 is 0 Å². The van der Waals surface area contributed by atoms with Gasteiger partial charge in [-0.2, -0.15) is 0 Å². The fourth-order valence-corrected chi connectivity index (χ4v) is 8.83. The number of nitrogens with zero attached hydrogens (tertiary/aromatic N) is 3. The molecule has 2 aliphatic rings. The van der Waals surface area contributed by atoms with Crippen LogP contribution in [-0.2, 0) is 5.41 Å². The number of imidazole rings is 1. The van der Waals surface area contributed by atoms with Crippen molar-refractivity contribution in [1.82, 2.24) is 14.1 Å². The molecule has 3 nitrogen and oxygen atoms in total. The van der Waals surface area contributed by atoms with Gasteiger partial charge in [-0.05, 0) is 58.1 Å². The second kappa shape index (κ2) is 8.96. The van der Waals surface area contributed by atoms with Crippen molar-refractivity contribution in [1.29, 1.82) is 0 Å². The van der Waals surface area contributed by atoms with E-state index >= 15 is 0 Å². The van der Waals surface area contributed by atoms with Gasteiger partial charge in [0.25, 0.3) is 0 Å². The molecule has 0 saturated carbocycles. The van der Waals surface area contributed by atoms with Crippen LogP contribution in [0.5, 0.6) is 0 Å². The van der Waals surface area contributed by atoms with Crippen molar-refractivity contribution in [2.45, 2.75) is 5.41 Å². The Bertz CT molecular complexity index is 2690. The summed E-state index contributed by atoms with van der Waals surface area (Å²) in [5, 5.41) is 2.54. The molecule has 1 aliphatic carbocycles. The van der Waals surface area contributed by atoms with Gasteiger partial charge in [0.05, 0.1) is 38.9 Å². The minimum Gasteiger partial charge on any atom is -0.309 e. The molecule has 1 unspecified atom stereocenters. The lowest BCUT2D eigenvalue weighted by molar-refractivity contribution is 0.745. The Hall–Kier alpha value is -6.19. The third-order valence-electron chi connectivity index (χ3n) is 10.5. The monoisotopic (exact) mass is 597 g/mol. The molecular weight excluding hydrogens is 571 g/mol. The molecule has 3 heteroatoms. The van der Waals surface area contributed by atoms with E-state index < -0.39 is 5.41 Å². The summed E-state index contributed by atoms with van der Waals surface area (Å²) in [6.45, 7) is 0. The molecule has 218 valence electrons. The van der Waals surface area contributed by atoms with Crippen LogP contribution in [0.4, 0.5) is 0 Å². The molecule has 11 rings (SSSR count). The van der Waals surface area contributed by atoms with Crippen LogP contribution in [-0.4, -0.2) is 14.1 Å². The number of rotatable bonds is 2. The van der Waals surface area contributed by atoms with Crippen LogP contribution in [0.25, 0.3) is 66.7 Å². The highest BCUT2D eigenvalue weighted by Crippen LogP contribution is 2.61. The molecule has 1 spiro atoms. The van der Waals surface area contributed by atoms with E-state index in [1.807, 2.05) is 0 Å². The SMILES string of the molecule is c1ccc(-c2nc3cccc4c3n2-c2ccccc2C42c3ccccc3-c3c(-n4c5ccccc5c5ccccc54)cccc32)cc1. The molecule has 2 aromatic heterocycles. The largest absolute Gasteiger partial charge is 0.309 e. The number of benzene rings is 7. The van der Waals surface area contributed by atoms with E-state index in [2.05, 4.69) is 173 Å². The van der Waals surface area contributed by atoms with Crippen molar-refractivity contribution in [3.63, 3.8) is 0 Å². The average Bonchev–Trinajstić information content (AvgIpc) is 3.79. The highest BCUT2D eigenvalue weighted by Gasteiger charge is 2.51. The highest BCUT2D eigenvalue weighted by molar-refractivity contribution is 6.10. The molecule has 0 saturated heterocycles. The predicted octanol–water partition coefficient (Wildman–Crippen LogP) is 10.5. The Morgan fingerprint density at radius 2 is 1.02 bits per heavy atom. The summed E-state index contributed by atoms with van der Waals surface area (Å²) in [6.07, 6.45) is 0. The normalized spacial score (nSPS) is 15.7. The van der Waals surface area contributed by atoms with Gasteiger partial charge in [-0.25, -0.2) is 4.98 Å². The summed E-state index contributed by atoms with van der Waals surface area (Å²) >= 11 is 0. The molecule has 1 aliphatic heterocycles. The molecule has 0 fully saturated rings. The van der Waals surface area contributed by atoms with Crippen molar-refractivity contribution in [3.05, 3.63) is 186 Å². The Labute approximate surface area is 271 Å². The van der Waals surface area contributed by atoms with Crippen LogP contribution in [0.3, 0.4) is 0 Å². The van der Waals surface area contributed by atoms with Crippen LogP contribution >= 0.6 is 0 Å². The minimum absolute atomic E-state index is 0.513. The van der Waals surface area contributed by atoms with Crippen LogP contribution in [0.15, 0.2) is 164 Å². The highest BCUT2D eigenvalue weighted by atomic mass is 15.1. The van der Waals surface area contributed by atoms with Crippen molar-refractivity contribution in [3.8, 4) is 33.9 Å². The third kappa shape index (κ3) is 3.00. The lowest BCUT2D eigenvalue weighted by Gasteiger charge is -2.39. The van der Waals surface area contributed by atoms with Gasteiger partial charge in [0, 0.05) is 21.9 Å². The summed E-state index contributed by atoms with van der Waals surface area (Å²) in [7, 11) is 0. The summed E-state index contributed by atoms with van der Waals surface area (Å²) in [6, 6.07) is 59.9. The lowest BCUT2D eigenvalue weighted by Crippen LogP contribution is -2.33. The predicted molar refractivity (Wildman–Crippen MR) is 192 cm³/mol. The molecule has 47 heavy (non-hydrogen) atoms. The molecule has 0 radical (unpaired) electrons. The first kappa shape index (κ1) is 25.1. The van der Waals surface area contributed by atoms with Gasteiger partial charge in [0.15, 0.2) is 0 Å². The standard InChI is InChI=1S/C44H27N3/c1-2-14-28(15-3-1)43-45-36-23-12-22-35-42(36)47(43)39-26-11-8-20-33(39)44(35)32-19-7-4-18-31(32)41-34(44)21-13-27-40(41)46-37-24-9-5-16-29(37)30-17-6-10-25-38(30)46/h1-27H. The topological polar surface area (TPSA) is 22.8 Å². The maximum Gasteiger partial charge on any atom is 0.145 e. The molecule has 9 aromatic rings. The number of fused-ring (bicyclic) bond motifs is 12. The van der Waals surface area contributed by atoms with E-state index in [4.69, 9.17) is 4.98 Å². The smallest absolute Gasteiger partial charge is 0.145 e. The van der Waals surface area contributed by atoms with Crippen molar-refractivity contribution >= 4 is 32.8 Å². The molecular formula is C44H27N3. The second-order valence-corrected chi connectivity index (χ2v) is 12.7. The zero-order valence-corrected chi connectivity index (χ0v) is 25.4. The van der Waals surface area contributed by atoms with Crippen LogP contribution in [0.1, 0.15) is 22.3 Å². The Morgan fingerprint density at radius 1 is 0.426 bits per heavy atom. The van der Waals surface area contributed by atoms with Crippen molar-refractivity contribution < 1.29 is 0 Å². The third-order valence-corrected chi connectivity index (χ3v) is 10.5. The first-order chi connectivity index (χ1) is 23.4. The van der Waals surface area contributed by atoms with E-state index in [0.29, 0.717) is 0 Å². The van der Waals surface area contributed by atoms with Gasteiger partial charge in [-0.3, -0.25) is 4.57 Å². The number of hydrogen-bond donors (Lipinski definition) is 0. The lowest BCUT2D eigenvalue weighted by atomic mass is 9.65. The number of para-hydroxylation sites is 4. The van der Waals surface area contributed by atoms with Crippen molar-refractivity contribution in [2.24, 2.45) is 0 Å². The van der Waals surface area contributed by atoms with Gasteiger partial charge in [-0.15, -0.1) is 0 Å². The fourth-order valence-electron chi connectivity index (χ4n) is 8.83. The minimum atomic E-state index is -0.513. The van der Waals surface area contributed by atoms with Crippen LogP contribution in [0, 0.1) is 0 Å². The first-order valence-corrected chi connectivity index (χ1v) is 16.2. The van der Waals surface area contributed by atoms with Gasteiger partial charge >= 0.3 is 0 Å². The van der Waals surface area contributed by atoms with Gasteiger partial charge < -0.3 is 4.57 Å². The van der Waals surface area contributed by atoms with Gasteiger partial charge in [0.2, 0.25) is 0 Å². The zero-order chi connectivity index (χ0) is 30.7. The molecule has 1 atom stereocenters. The van der Waals surface area contributed by atoms with E-state index in [0.717, 1.165) is 16.9 Å². The van der Waals surface area contributed by atoms with Gasteiger partial charge in [-0.1, -0.05) is 133 Å². The summed E-state index contributed by atoms with van der Waals surface area (Å²) in [4.78, 5) is 5.31. The Morgan fingerprint density at radius 3 is 1.83 bits per heavy atom. The molecule has 3 heterocycles. The summed E-state index contributed by atoms with van der Waals surface area (Å²) in [5.74, 6) is 0.973.